The molecule has 1 aromatic carbocycles. The Morgan fingerprint density at radius 3 is 2.43 bits per heavy atom. The summed E-state index contributed by atoms with van der Waals surface area (Å²) < 4.78 is 13.4. The Morgan fingerprint density at radius 2 is 1.93 bits per heavy atom. The molecule has 0 saturated heterocycles. The number of aryl methyl sites for hydroxylation is 1. The smallest absolute Gasteiger partial charge is 0.126 e. The van der Waals surface area contributed by atoms with E-state index in [0.717, 1.165) is 22.4 Å². The SMILES string of the molecule is Cc1cc(CSC(C)C)cc(F)c1C. The Morgan fingerprint density at radius 1 is 1.29 bits per heavy atom. The van der Waals surface area contributed by atoms with E-state index >= 15 is 0 Å². The first-order valence-electron chi connectivity index (χ1n) is 4.88. The minimum atomic E-state index is -0.0793. The van der Waals surface area contributed by atoms with Crippen LogP contribution >= 0.6 is 11.8 Å². The normalized spacial score (nSPS) is 11.0. The lowest BCUT2D eigenvalue weighted by atomic mass is 10.1. The largest absolute Gasteiger partial charge is 0.207 e. The fraction of sp³-hybridized carbons (Fsp3) is 0.500. The van der Waals surface area contributed by atoms with Crippen LogP contribution in [-0.2, 0) is 5.75 Å². The summed E-state index contributed by atoms with van der Waals surface area (Å²) in [4.78, 5) is 0. The maximum absolute atomic E-state index is 13.4. The quantitative estimate of drug-likeness (QED) is 0.727. The summed E-state index contributed by atoms with van der Waals surface area (Å²) in [5, 5.41) is 0.597. The number of halogens is 1. The molecular formula is C12H17FS. The molecule has 0 radical (unpaired) electrons. The van der Waals surface area contributed by atoms with Gasteiger partial charge in [-0.15, -0.1) is 0 Å². The predicted octanol–water partition coefficient (Wildman–Crippen LogP) is 4.08. The lowest BCUT2D eigenvalue weighted by Crippen LogP contribution is -1.94. The summed E-state index contributed by atoms with van der Waals surface area (Å²) in [6, 6.07) is 3.73. The van der Waals surface area contributed by atoms with E-state index in [1.807, 2.05) is 25.6 Å². The molecule has 0 saturated carbocycles. The fourth-order valence-corrected chi connectivity index (χ4v) is 1.93. The molecule has 14 heavy (non-hydrogen) atoms. The molecule has 78 valence electrons. The highest BCUT2D eigenvalue weighted by atomic mass is 32.2. The molecule has 0 aliphatic carbocycles. The minimum absolute atomic E-state index is 0.0793. The van der Waals surface area contributed by atoms with Crippen LogP contribution in [0, 0.1) is 19.7 Å². The summed E-state index contributed by atoms with van der Waals surface area (Å²) in [6.45, 7) is 8.09. The van der Waals surface area contributed by atoms with E-state index in [4.69, 9.17) is 0 Å². The molecule has 0 spiro atoms. The van der Waals surface area contributed by atoms with Gasteiger partial charge in [0.25, 0.3) is 0 Å². The number of hydrogen-bond donors (Lipinski definition) is 0. The molecule has 0 atom stereocenters. The first-order chi connectivity index (χ1) is 6.50. The Balaban J connectivity index is 2.79. The second kappa shape index (κ2) is 4.83. The lowest BCUT2D eigenvalue weighted by Gasteiger charge is -2.08. The third-order valence-electron chi connectivity index (χ3n) is 2.25. The summed E-state index contributed by atoms with van der Waals surface area (Å²) in [5.74, 6) is 0.819. The average molecular weight is 212 g/mol. The topological polar surface area (TPSA) is 0 Å². The van der Waals surface area contributed by atoms with Gasteiger partial charge < -0.3 is 0 Å². The lowest BCUT2D eigenvalue weighted by molar-refractivity contribution is 0.615. The minimum Gasteiger partial charge on any atom is -0.207 e. The predicted molar refractivity (Wildman–Crippen MR) is 62.3 cm³/mol. The van der Waals surface area contributed by atoms with Gasteiger partial charge >= 0.3 is 0 Å². The van der Waals surface area contributed by atoms with Crippen LogP contribution in [0.4, 0.5) is 4.39 Å². The summed E-state index contributed by atoms with van der Waals surface area (Å²) in [7, 11) is 0. The van der Waals surface area contributed by atoms with E-state index in [-0.39, 0.29) is 5.82 Å². The maximum Gasteiger partial charge on any atom is 0.126 e. The van der Waals surface area contributed by atoms with Crippen LogP contribution in [0.2, 0.25) is 0 Å². The molecule has 0 aromatic heterocycles. The molecule has 0 aliphatic heterocycles. The molecule has 0 amide bonds. The second-order valence-electron chi connectivity index (χ2n) is 3.88. The van der Waals surface area contributed by atoms with E-state index in [9.17, 15) is 4.39 Å². The van der Waals surface area contributed by atoms with Gasteiger partial charge in [-0.2, -0.15) is 11.8 Å². The zero-order chi connectivity index (χ0) is 10.7. The molecule has 0 bridgehead atoms. The second-order valence-corrected chi connectivity index (χ2v) is 5.44. The molecule has 0 aliphatic rings. The number of rotatable bonds is 3. The van der Waals surface area contributed by atoms with E-state index in [0.29, 0.717) is 5.25 Å². The van der Waals surface area contributed by atoms with Crippen LogP contribution < -0.4 is 0 Å². The van der Waals surface area contributed by atoms with E-state index in [2.05, 4.69) is 19.9 Å². The van der Waals surface area contributed by atoms with Crippen LogP contribution in [0.25, 0.3) is 0 Å². The fourth-order valence-electron chi connectivity index (χ4n) is 1.23. The monoisotopic (exact) mass is 212 g/mol. The van der Waals surface area contributed by atoms with E-state index in [1.54, 1.807) is 6.07 Å². The highest BCUT2D eigenvalue weighted by molar-refractivity contribution is 7.99. The van der Waals surface area contributed by atoms with Crippen molar-refractivity contribution in [1.82, 2.24) is 0 Å². The molecule has 2 heteroatoms. The molecular weight excluding hydrogens is 195 g/mol. The number of hydrogen-bond acceptors (Lipinski definition) is 1. The van der Waals surface area contributed by atoms with Gasteiger partial charge in [0.15, 0.2) is 0 Å². The van der Waals surface area contributed by atoms with Crippen molar-refractivity contribution in [2.75, 3.05) is 0 Å². The van der Waals surface area contributed by atoms with Crippen LogP contribution in [0.3, 0.4) is 0 Å². The molecule has 0 fully saturated rings. The molecule has 0 N–H and O–H groups in total. The van der Waals surface area contributed by atoms with Gasteiger partial charge in [-0.05, 0) is 41.9 Å². The van der Waals surface area contributed by atoms with Gasteiger partial charge in [0.1, 0.15) is 5.82 Å². The summed E-state index contributed by atoms with van der Waals surface area (Å²) in [5.41, 5.74) is 2.90. The Hall–Kier alpha value is -0.500. The van der Waals surface area contributed by atoms with Crippen LogP contribution in [0.5, 0.6) is 0 Å². The van der Waals surface area contributed by atoms with Crippen molar-refractivity contribution in [2.45, 2.75) is 38.7 Å². The zero-order valence-corrected chi connectivity index (χ0v) is 10.0. The molecule has 0 unspecified atom stereocenters. The van der Waals surface area contributed by atoms with Crippen molar-refractivity contribution >= 4 is 11.8 Å². The molecule has 1 aromatic rings. The van der Waals surface area contributed by atoms with Gasteiger partial charge in [-0.1, -0.05) is 19.9 Å². The van der Waals surface area contributed by atoms with E-state index in [1.165, 1.54) is 0 Å². The van der Waals surface area contributed by atoms with Crippen molar-refractivity contribution in [3.05, 3.63) is 34.6 Å². The third kappa shape index (κ3) is 3.02. The van der Waals surface area contributed by atoms with Crippen LogP contribution in [-0.4, -0.2) is 5.25 Å². The number of thioether (sulfide) groups is 1. The standard InChI is InChI=1S/C12H17FS/c1-8(2)14-7-11-5-9(3)10(4)12(13)6-11/h5-6,8H,7H2,1-4H3. The Labute approximate surface area is 89.9 Å². The van der Waals surface area contributed by atoms with Gasteiger partial charge in [-0.25, -0.2) is 4.39 Å². The maximum atomic E-state index is 13.4. The Kier molecular flexibility index (Phi) is 3.99. The van der Waals surface area contributed by atoms with Crippen molar-refractivity contribution in [3.8, 4) is 0 Å². The highest BCUT2D eigenvalue weighted by Gasteiger charge is 2.04. The van der Waals surface area contributed by atoms with Crippen LogP contribution in [0.1, 0.15) is 30.5 Å². The van der Waals surface area contributed by atoms with Crippen molar-refractivity contribution in [3.63, 3.8) is 0 Å². The van der Waals surface area contributed by atoms with Crippen LogP contribution in [0.15, 0.2) is 12.1 Å². The molecule has 0 heterocycles. The Bertz CT molecular complexity index is 295. The van der Waals surface area contributed by atoms with Gasteiger partial charge in [0, 0.05) is 5.75 Å². The average Bonchev–Trinajstić information content (AvgIpc) is 2.10. The summed E-state index contributed by atoms with van der Waals surface area (Å²) in [6.07, 6.45) is 0. The first-order valence-corrected chi connectivity index (χ1v) is 5.93. The van der Waals surface area contributed by atoms with E-state index < -0.39 is 0 Å². The van der Waals surface area contributed by atoms with Crippen molar-refractivity contribution in [2.24, 2.45) is 0 Å². The van der Waals surface area contributed by atoms with Gasteiger partial charge in [0.2, 0.25) is 0 Å². The van der Waals surface area contributed by atoms with Crippen molar-refractivity contribution < 1.29 is 4.39 Å². The number of benzene rings is 1. The zero-order valence-electron chi connectivity index (χ0n) is 9.23. The third-order valence-corrected chi connectivity index (χ3v) is 3.41. The summed E-state index contributed by atoms with van der Waals surface area (Å²) >= 11 is 1.84. The molecule has 1 rings (SSSR count). The highest BCUT2D eigenvalue weighted by Crippen LogP contribution is 2.21. The van der Waals surface area contributed by atoms with Gasteiger partial charge in [-0.3, -0.25) is 0 Å². The first kappa shape index (κ1) is 11.6. The van der Waals surface area contributed by atoms with Gasteiger partial charge in [0.05, 0.1) is 0 Å². The van der Waals surface area contributed by atoms with Crippen molar-refractivity contribution in [1.29, 1.82) is 0 Å². The molecule has 0 nitrogen and oxygen atoms in total.